The molecule has 0 bridgehead atoms. The highest BCUT2D eigenvalue weighted by Crippen LogP contribution is 2.58. The van der Waals surface area contributed by atoms with Crippen molar-refractivity contribution >= 4 is 52.4 Å². The molecule has 9 nitrogen and oxygen atoms in total. The Labute approximate surface area is 307 Å². The molecule has 2 aliphatic heterocycles. The van der Waals surface area contributed by atoms with Gasteiger partial charge in [0.05, 0.1) is 35.3 Å². The van der Waals surface area contributed by atoms with Crippen LogP contribution in [-0.4, -0.2) is 60.3 Å². The van der Waals surface area contributed by atoms with Gasteiger partial charge < -0.3 is 30.5 Å². The average Bonchev–Trinajstić information content (AvgIpc) is 3.55. The summed E-state index contributed by atoms with van der Waals surface area (Å²) in [4.78, 5) is 40.2. The molecule has 1 saturated carbocycles. The molecule has 3 aliphatic rings. The fraction of sp³-hybridized carbons (Fsp3) is 0.462. The highest BCUT2D eigenvalue weighted by atomic mass is 35.5. The topological polar surface area (TPSA) is 128 Å². The second-order valence-corrected chi connectivity index (χ2v) is 16.3. The number of rotatable bonds is 9. The van der Waals surface area contributed by atoms with Gasteiger partial charge in [-0.3, -0.25) is 9.59 Å². The van der Waals surface area contributed by atoms with E-state index in [4.69, 9.17) is 27.9 Å². The number of fused-ring (bicyclic) bond motifs is 2. The third-order valence-electron chi connectivity index (χ3n) is 10.9. The normalized spacial score (nSPS) is 25.9. The first kappa shape index (κ1) is 36.9. The standard InChI is InChI=1S/C39H44Cl2FN3O6/c1-38(2,3)18-31-39(20-45(29-17-24(40)13-14-26(29)39)19-21-8-10-22(11-9-21)36(47)48)32(25-6-5-7-27(41)33(25)42)34(44-31)35(46)43-28-15-12-23(37(49)50)16-30(28)51-4/h5-7,12-17,21-22,31-32,34,44H,8-11,18-20H2,1-4H3,(H,43,46)(H,47,48)(H,49,50)/t21?,22?,31?,32-,34+,39-/m0/s1. The summed E-state index contributed by atoms with van der Waals surface area (Å²) in [5, 5.41) is 26.3. The van der Waals surface area contributed by atoms with E-state index in [0.717, 1.165) is 24.1 Å². The third-order valence-corrected chi connectivity index (χ3v) is 11.5. The van der Waals surface area contributed by atoms with Gasteiger partial charge >= 0.3 is 11.9 Å². The number of nitrogens with zero attached hydrogens (tertiary/aromatic N) is 1. The highest BCUT2D eigenvalue weighted by Gasteiger charge is 2.63. The second kappa shape index (κ2) is 14.3. The van der Waals surface area contributed by atoms with Crippen LogP contribution in [0.3, 0.4) is 0 Å². The van der Waals surface area contributed by atoms with E-state index in [1.165, 1.54) is 31.4 Å². The molecule has 12 heteroatoms. The number of methoxy groups -OCH3 is 1. The maximum atomic E-state index is 16.4. The first-order chi connectivity index (χ1) is 24.1. The summed E-state index contributed by atoms with van der Waals surface area (Å²) in [6, 6.07) is 13.6. The number of benzene rings is 3. The Morgan fingerprint density at radius 3 is 2.41 bits per heavy atom. The Balaban J connectivity index is 1.47. The van der Waals surface area contributed by atoms with Crippen molar-refractivity contribution in [1.29, 1.82) is 0 Å². The molecule has 0 radical (unpaired) electrons. The molecule has 1 aliphatic carbocycles. The van der Waals surface area contributed by atoms with E-state index >= 15 is 4.39 Å². The van der Waals surface area contributed by atoms with Crippen LogP contribution < -0.4 is 20.3 Å². The molecule has 51 heavy (non-hydrogen) atoms. The summed E-state index contributed by atoms with van der Waals surface area (Å²) < 4.78 is 21.9. The van der Waals surface area contributed by atoms with Gasteiger partial charge in [-0.05, 0) is 91.0 Å². The minimum atomic E-state index is -1.13. The predicted octanol–water partition coefficient (Wildman–Crippen LogP) is 7.99. The van der Waals surface area contributed by atoms with Crippen LogP contribution in [0, 0.1) is 23.1 Å². The van der Waals surface area contributed by atoms with Gasteiger partial charge in [0.25, 0.3) is 0 Å². The molecular formula is C39H44Cl2FN3O6. The van der Waals surface area contributed by atoms with Crippen molar-refractivity contribution < 1.29 is 33.7 Å². The maximum Gasteiger partial charge on any atom is 0.335 e. The molecule has 6 rings (SSSR count). The lowest BCUT2D eigenvalue weighted by Crippen LogP contribution is -2.48. The molecule has 2 fully saturated rings. The number of nitrogens with one attached hydrogen (secondary N) is 2. The van der Waals surface area contributed by atoms with E-state index in [2.05, 4.69) is 36.3 Å². The molecule has 3 aromatic carbocycles. The van der Waals surface area contributed by atoms with Crippen LogP contribution in [0.25, 0.3) is 0 Å². The molecule has 3 aromatic rings. The number of aromatic carboxylic acids is 1. The number of anilines is 2. The smallest absolute Gasteiger partial charge is 0.335 e. The number of ether oxygens (including phenoxy) is 1. The van der Waals surface area contributed by atoms with Gasteiger partial charge in [0.2, 0.25) is 5.91 Å². The molecular weight excluding hydrogens is 696 g/mol. The molecule has 1 saturated heterocycles. The van der Waals surface area contributed by atoms with Gasteiger partial charge in [-0.15, -0.1) is 0 Å². The van der Waals surface area contributed by atoms with Crippen LogP contribution in [0.15, 0.2) is 54.6 Å². The second-order valence-electron chi connectivity index (χ2n) is 15.4. The number of halogens is 3. The predicted molar refractivity (Wildman–Crippen MR) is 196 cm³/mol. The van der Waals surface area contributed by atoms with Crippen molar-refractivity contribution in [2.75, 3.05) is 30.4 Å². The van der Waals surface area contributed by atoms with Gasteiger partial charge in [0.1, 0.15) is 11.6 Å². The number of carboxylic acid groups (broad SMARTS) is 2. The minimum absolute atomic E-state index is 0.00433. The maximum absolute atomic E-state index is 16.4. The Morgan fingerprint density at radius 2 is 1.76 bits per heavy atom. The lowest BCUT2D eigenvalue weighted by molar-refractivity contribution is -0.143. The SMILES string of the molecule is COc1cc(C(=O)O)ccc1NC(=O)[C@@H]1NC(CC(C)(C)C)[C@@]2(CN(CC3CCC(C(=O)O)CC3)c3cc(Cl)ccc32)[C@H]1c1cccc(Cl)c1F. The Bertz CT molecular complexity index is 1840. The quantitative estimate of drug-likeness (QED) is 0.174. The highest BCUT2D eigenvalue weighted by molar-refractivity contribution is 6.31. The molecule has 1 amide bonds. The number of carbonyl (C=O) groups excluding carboxylic acids is 1. The van der Waals surface area contributed by atoms with Gasteiger partial charge in [0, 0.05) is 41.2 Å². The first-order valence-electron chi connectivity index (χ1n) is 17.3. The minimum Gasteiger partial charge on any atom is -0.495 e. The molecule has 272 valence electrons. The van der Waals surface area contributed by atoms with Crippen molar-refractivity contribution in [1.82, 2.24) is 5.32 Å². The Kier molecular flexibility index (Phi) is 10.3. The number of hydrogen-bond acceptors (Lipinski definition) is 6. The van der Waals surface area contributed by atoms with Crippen LogP contribution in [-0.2, 0) is 15.0 Å². The third kappa shape index (κ3) is 7.15. The van der Waals surface area contributed by atoms with Crippen molar-refractivity contribution in [3.63, 3.8) is 0 Å². The van der Waals surface area contributed by atoms with Crippen LogP contribution in [0.5, 0.6) is 5.75 Å². The summed E-state index contributed by atoms with van der Waals surface area (Å²) in [5.41, 5.74) is 1.45. The van der Waals surface area contributed by atoms with Gasteiger partial charge in [-0.25, -0.2) is 9.18 Å². The summed E-state index contributed by atoms with van der Waals surface area (Å²) in [6.45, 7) is 7.53. The summed E-state index contributed by atoms with van der Waals surface area (Å²) in [5.74, 6) is -3.55. The van der Waals surface area contributed by atoms with E-state index in [9.17, 15) is 24.6 Å². The fourth-order valence-electron chi connectivity index (χ4n) is 8.69. The molecule has 4 atom stereocenters. The lowest BCUT2D eigenvalue weighted by Gasteiger charge is -2.40. The molecule has 0 aromatic heterocycles. The number of aliphatic carboxylic acids is 1. The Morgan fingerprint density at radius 1 is 1.04 bits per heavy atom. The van der Waals surface area contributed by atoms with Crippen molar-refractivity contribution in [3.8, 4) is 5.75 Å². The van der Waals surface area contributed by atoms with Gasteiger partial charge in [-0.2, -0.15) is 0 Å². The van der Waals surface area contributed by atoms with E-state index in [-0.39, 0.29) is 45.3 Å². The van der Waals surface area contributed by atoms with Crippen LogP contribution in [0.4, 0.5) is 15.8 Å². The number of amides is 1. The summed E-state index contributed by atoms with van der Waals surface area (Å²) in [7, 11) is 1.40. The fourth-order valence-corrected chi connectivity index (χ4v) is 9.04. The number of hydrogen-bond donors (Lipinski definition) is 4. The van der Waals surface area contributed by atoms with Crippen molar-refractivity contribution in [2.24, 2.45) is 17.3 Å². The molecule has 2 heterocycles. The lowest BCUT2D eigenvalue weighted by atomic mass is 9.63. The largest absolute Gasteiger partial charge is 0.495 e. The summed E-state index contributed by atoms with van der Waals surface area (Å²) in [6.07, 6.45) is 3.43. The van der Waals surface area contributed by atoms with Crippen LogP contribution >= 0.6 is 23.2 Å². The van der Waals surface area contributed by atoms with E-state index in [1.54, 1.807) is 12.1 Å². The van der Waals surface area contributed by atoms with Crippen LogP contribution in [0.1, 0.15) is 80.3 Å². The van der Waals surface area contributed by atoms with Crippen molar-refractivity contribution in [3.05, 3.63) is 87.2 Å². The zero-order valence-corrected chi connectivity index (χ0v) is 30.7. The number of carbonyl (C=O) groups is 3. The van der Waals surface area contributed by atoms with Gasteiger partial charge in [0.15, 0.2) is 0 Å². The zero-order valence-electron chi connectivity index (χ0n) is 29.1. The van der Waals surface area contributed by atoms with E-state index in [0.29, 0.717) is 42.9 Å². The van der Waals surface area contributed by atoms with E-state index < -0.39 is 41.0 Å². The van der Waals surface area contributed by atoms with Gasteiger partial charge in [-0.1, -0.05) is 62.2 Å². The van der Waals surface area contributed by atoms with Crippen molar-refractivity contribution in [2.45, 2.75) is 76.3 Å². The number of carboxylic acids is 2. The zero-order chi connectivity index (χ0) is 36.8. The monoisotopic (exact) mass is 739 g/mol. The Hall–Kier alpha value is -3.86. The van der Waals surface area contributed by atoms with Crippen LogP contribution in [0.2, 0.25) is 10.0 Å². The van der Waals surface area contributed by atoms with E-state index in [1.807, 2.05) is 18.2 Å². The molecule has 1 spiro atoms. The summed E-state index contributed by atoms with van der Waals surface area (Å²) >= 11 is 13.1. The average molecular weight is 741 g/mol. The first-order valence-corrected chi connectivity index (χ1v) is 18.1. The molecule has 1 unspecified atom stereocenters. The molecule has 4 N–H and O–H groups in total.